The highest BCUT2D eigenvalue weighted by molar-refractivity contribution is 5.96. The van der Waals surface area contributed by atoms with Crippen LogP contribution >= 0.6 is 0 Å². The van der Waals surface area contributed by atoms with Crippen molar-refractivity contribution in [3.05, 3.63) is 59.4 Å². The van der Waals surface area contributed by atoms with Crippen molar-refractivity contribution in [2.45, 2.75) is 62.9 Å². The molecule has 0 unspecified atom stereocenters. The minimum Gasteiger partial charge on any atom is -0.477 e. The van der Waals surface area contributed by atoms with Crippen LogP contribution in [0.4, 0.5) is 10.5 Å². The summed E-state index contributed by atoms with van der Waals surface area (Å²) < 4.78 is 0. The van der Waals surface area contributed by atoms with E-state index in [-0.39, 0.29) is 22.8 Å². The fourth-order valence-corrected chi connectivity index (χ4v) is 6.44. The van der Waals surface area contributed by atoms with Crippen molar-refractivity contribution in [2.24, 2.45) is 5.92 Å². The van der Waals surface area contributed by atoms with Gasteiger partial charge in [-0.15, -0.1) is 0 Å². The van der Waals surface area contributed by atoms with Crippen LogP contribution in [0.1, 0.15) is 66.6 Å². The van der Waals surface area contributed by atoms with Gasteiger partial charge in [0.2, 0.25) is 0 Å². The molecule has 2 aromatic rings. The van der Waals surface area contributed by atoms with Gasteiger partial charge in [-0.3, -0.25) is 9.80 Å². The number of carbonyl (C=O) groups is 2. The van der Waals surface area contributed by atoms with Gasteiger partial charge in [-0.2, -0.15) is 0 Å². The summed E-state index contributed by atoms with van der Waals surface area (Å²) in [5.41, 5.74) is 2.60. The quantitative estimate of drug-likeness (QED) is 0.642. The third kappa shape index (κ3) is 3.99. The molecule has 1 N–H and O–H groups in total. The number of benzene rings is 1. The van der Waals surface area contributed by atoms with Crippen LogP contribution in [0.15, 0.2) is 42.6 Å². The van der Waals surface area contributed by atoms with Gasteiger partial charge in [0, 0.05) is 12.1 Å². The lowest BCUT2D eigenvalue weighted by atomic mass is 9.68. The van der Waals surface area contributed by atoms with Crippen LogP contribution in [-0.4, -0.2) is 64.6 Å². The topological polar surface area (TPSA) is 77.0 Å². The predicted molar refractivity (Wildman–Crippen MR) is 136 cm³/mol. The van der Waals surface area contributed by atoms with Gasteiger partial charge in [0.15, 0.2) is 0 Å². The van der Waals surface area contributed by atoms with Gasteiger partial charge >= 0.3 is 12.0 Å². The first-order valence-corrected chi connectivity index (χ1v) is 12.8. The summed E-state index contributed by atoms with van der Waals surface area (Å²) in [6.07, 6.45) is 9.06. The van der Waals surface area contributed by atoms with Gasteiger partial charge in [0.25, 0.3) is 0 Å². The van der Waals surface area contributed by atoms with Crippen molar-refractivity contribution in [3.63, 3.8) is 0 Å². The maximum atomic E-state index is 13.9. The molecule has 1 saturated heterocycles. The Kier molecular flexibility index (Phi) is 6.08. The van der Waals surface area contributed by atoms with Gasteiger partial charge in [-0.05, 0) is 82.7 Å². The normalized spacial score (nSPS) is 27.0. The highest BCUT2D eigenvalue weighted by Gasteiger charge is 2.55. The number of carbonyl (C=O) groups excluding carboxylic acids is 1. The Morgan fingerprint density at radius 1 is 1.14 bits per heavy atom. The molecule has 0 bridgehead atoms. The Bertz CT molecular complexity index is 1100. The highest BCUT2D eigenvalue weighted by atomic mass is 16.4. The molecule has 1 aromatic carbocycles. The molecule has 1 aromatic heterocycles. The zero-order valence-electron chi connectivity index (χ0n) is 21.0. The maximum Gasteiger partial charge on any atom is 0.354 e. The molecule has 2 saturated carbocycles. The van der Waals surface area contributed by atoms with Gasteiger partial charge < -0.3 is 10.0 Å². The van der Waals surface area contributed by atoms with E-state index in [0.717, 1.165) is 43.5 Å². The molecule has 5 rings (SSSR count). The number of aryl methyl sites for hydroxylation is 1. The molecule has 186 valence electrons. The van der Waals surface area contributed by atoms with Crippen LogP contribution < -0.4 is 4.90 Å². The van der Waals surface area contributed by atoms with Crippen molar-refractivity contribution in [2.75, 3.05) is 32.1 Å². The van der Waals surface area contributed by atoms with Crippen molar-refractivity contribution in [3.8, 4) is 0 Å². The van der Waals surface area contributed by atoms with Crippen molar-refractivity contribution >= 4 is 17.7 Å². The number of carboxylic acids is 1. The van der Waals surface area contributed by atoms with E-state index < -0.39 is 5.97 Å². The number of aromatic nitrogens is 1. The first-order chi connectivity index (χ1) is 16.8. The Balaban J connectivity index is 1.46. The van der Waals surface area contributed by atoms with Gasteiger partial charge in [-0.25, -0.2) is 14.6 Å². The van der Waals surface area contributed by atoms with E-state index in [4.69, 9.17) is 0 Å². The second-order valence-corrected chi connectivity index (χ2v) is 11.0. The van der Waals surface area contributed by atoms with Gasteiger partial charge in [0.05, 0.1) is 24.0 Å². The van der Waals surface area contributed by atoms with Crippen LogP contribution in [0.2, 0.25) is 0 Å². The fourth-order valence-electron chi connectivity index (χ4n) is 6.44. The fraction of sp³-hybridized carbons (Fsp3) is 0.536. The monoisotopic (exact) mass is 476 g/mol. The standard InChI is InChI=1S/C28H36N4O3/c1-20-16-23(25(33)34)29-17-24(20)31-19-27(32(26(31)35)18-21-8-7-9-21)12-14-28(15-13-27,30(2)3)22-10-5-4-6-11-22/h4-6,10-11,16-17,21H,7-9,12-15,18-19H2,1-3H3,(H,33,34). The number of nitrogens with zero attached hydrogens (tertiary/aromatic N) is 4. The van der Waals surface area contributed by atoms with E-state index in [1.807, 2.05) is 11.8 Å². The van der Waals surface area contributed by atoms with E-state index >= 15 is 0 Å². The van der Waals surface area contributed by atoms with Gasteiger partial charge in [0.1, 0.15) is 5.69 Å². The SMILES string of the molecule is Cc1cc(C(=O)O)ncc1N1CC2(CCC(c3ccccc3)(N(C)C)CC2)N(CC2CCC2)C1=O. The Morgan fingerprint density at radius 2 is 1.83 bits per heavy atom. The van der Waals surface area contributed by atoms with E-state index in [9.17, 15) is 14.7 Å². The molecule has 0 radical (unpaired) electrons. The number of aromatic carboxylic acids is 1. The molecule has 1 aliphatic heterocycles. The van der Waals surface area contributed by atoms with Crippen LogP contribution in [0.5, 0.6) is 0 Å². The Morgan fingerprint density at radius 3 is 2.37 bits per heavy atom. The van der Waals surface area contributed by atoms with E-state index in [1.165, 1.54) is 24.8 Å². The van der Waals surface area contributed by atoms with Crippen molar-refractivity contribution in [1.29, 1.82) is 0 Å². The lowest BCUT2D eigenvalue weighted by Gasteiger charge is -2.51. The van der Waals surface area contributed by atoms with E-state index in [2.05, 4.69) is 59.2 Å². The molecule has 3 fully saturated rings. The zero-order valence-corrected chi connectivity index (χ0v) is 21.0. The number of urea groups is 1. The first kappa shape index (κ1) is 23.8. The molecule has 2 amide bonds. The molecule has 35 heavy (non-hydrogen) atoms. The number of hydrogen-bond donors (Lipinski definition) is 1. The molecular formula is C28H36N4O3. The maximum absolute atomic E-state index is 13.9. The predicted octanol–water partition coefficient (Wildman–Crippen LogP) is 4.90. The molecule has 3 aliphatic rings. The summed E-state index contributed by atoms with van der Waals surface area (Å²) in [4.78, 5) is 35.8. The number of hydrogen-bond acceptors (Lipinski definition) is 4. The molecule has 2 heterocycles. The molecular weight excluding hydrogens is 440 g/mol. The minimum absolute atomic E-state index is 0.00947. The van der Waals surface area contributed by atoms with E-state index in [0.29, 0.717) is 12.5 Å². The smallest absolute Gasteiger partial charge is 0.354 e. The van der Waals surface area contributed by atoms with Crippen molar-refractivity contribution in [1.82, 2.24) is 14.8 Å². The number of anilines is 1. The van der Waals surface area contributed by atoms with E-state index in [1.54, 1.807) is 12.3 Å². The minimum atomic E-state index is -1.05. The van der Waals surface area contributed by atoms with Gasteiger partial charge in [-0.1, -0.05) is 36.8 Å². The van der Waals surface area contributed by atoms with Crippen LogP contribution in [-0.2, 0) is 5.54 Å². The average Bonchev–Trinajstić information content (AvgIpc) is 3.08. The second-order valence-electron chi connectivity index (χ2n) is 11.0. The molecule has 0 atom stereocenters. The summed E-state index contributed by atoms with van der Waals surface area (Å²) in [6.45, 7) is 3.31. The number of pyridine rings is 1. The zero-order chi connectivity index (χ0) is 24.8. The molecule has 1 spiro atoms. The number of amides is 2. The molecule has 2 aliphatic carbocycles. The largest absolute Gasteiger partial charge is 0.477 e. The third-order valence-electron chi connectivity index (χ3n) is 8.92. The first-order valence-electron chi connectivity index (χ1n) is 12.8. The summed E-state index contributed by atoms with van der Waals surface area (Å²) >= 11 is 0. The Hall–Kier alpha value is -2.93. The summed E-state index contributed by atoms with van der Waals surface area (Å²) in [7, 11) is 4.34. The van der Waals surface area contributed by atoms with Crippen LogP contribution in [0.3, 0.4) is 0 Å². The van der Waals surface area contributed by atoms with Crippen molar-refractivity contribution < 1.29 is 14.7 Å². The Labute approximate surface area is 207 Å². The van der Waals surface area contributed by atoms with Crippen LogP contribution in [0.25, 0.3) is 0 Å². The second kappa shape index (κ2) is 8.94. The molecule has 7 nitrogen and oxygen atoms in total. The molecule has 7 heteroatoms. The van der Waals surface area contributed by atoms with Crippen LogP contribution in [0, 0.1) is 12.8 Å². The average molecular weight is 477 g/mol. The summed E-state index contributed by atoms with van der Waals surface area (Å²) in [6, 6.07) is 12.4. The summed E-state index contributed by atoms with van der Waals surface area (Å²) in [5, 5.41) is 9.32. The lowest BCUT2D eigenvalue weighted by Crippen LogP contribution is -2.56. The number of carboxylic acid groups (broad SMARTS) is 1. The lowest BCUT2D eigenvalue weighted by molar-refractivity contribution is 0.0172. The highest BCUT2D eigenvalue weighted by Crippen LogP contribution is 2.50. The third-order valence-corrected chi connectivity index (χ3v) is 8.92. The number of rotatable bonds is 6. The summed E-state index contributed by atoms with van der Waals surface area (Å²) in [5.74, 6) is -0.470.